The normalized spacial score (nSPS) is 10.8. The van der Waals surface area contributed by atoms with Crippen molar-refractivity contribution >= 4 is 28.5 Å². The standard InChI is InChI=1S/C9H7BrO2/c10-9(6-11,7-12)8-4-2-1-3-5-8/h1-7H. The number of alkyl halides is 1. The van der Waals surface area contributed by atoms with E-state index in [9.17, 15) is 9.59 Å². The van der Waals surface area contributed by atoms with Crippen molar-refractivity contribution in [2.75, 3.05) is 0 Å². The fourth-order valence-electron chi connectivity index (χ4n) is 0.857. The molecule has 0 fully saturated rings. The molecule has 1 rings (SSSR count). The van der Waals surface area contributed by atoms with Crippen LogP contribution >= 0.6 is 15.9 Å². The Kier molecular flexibility index (Phi) is 2.76. The molecule has 62 valence electrons. The second-order valence-corrected chi connectivity index (χ2v) is 3.68. The van der Waals surface area contributed by atoms with Gasteiger partial charge in [0.2, 0.25) is 0 Å². The molecule has 0 aliphatic heterocycles. The zero-order valence-electron chi connectivity index (χ0n) is 6.24. The van der Waals surface area contributed by atoms with Gasteiger partial charge in [0.1, 0.15) is 12.6 Å². The third-order valence-corrected chi connectivity index (χ3v) is 2.39. The summed E-state index contributed by atoms with van der Waals surface area (Å²) in [4.78, 5) is 21.2. The van der Waals surface area contributed by atoms with E-state index in [2.05, 4.69) is 15.9 Å². The quantitative estimate of drug-likeness (QED) is 0.447. The number of carbonyl (C=O) groups excluding carboxylic acids is 2. The van der Waals surface area contributed by atoms with E-state index < -0.39 is 4.32 Å². The highest BCUT2D eigenvalue weighted by atomic mass is 79.9. The van der Waals surface area contributed by atoms with Crippen LogP contribution in [0.2, 0.25) is 0 Å². The summed E-state index contributed by atoms with van der Waals surface area (Å²) < 4.78 is -1.17. The summed E-state index contributed by atoms with van der Waals surface area (Å²) in [6.45, 7) is 0. The van der Waals surface area contributed by atoms with Crippen molar-refractivity contribution in [2.45, 2.75) is 4.32 Å². The molecule has 12 heavy (non-hydrogen) atoms. The van der Waals surface area contributed by atoms with Gasteiger partial charge < -0.3 is 9.59 Å². The number of hydrogen-bond donors (Lipinski definition) is 0. The Morgan fingerprint density at radius 2 is 1.58 bits per heavy atom. The van der Waals surface area contributed by atoms with Gasteiger partial charge in [0.25, 0.3) is 0 Å². The minimum atomic E-state index is -1.17. The molecule has 3 heteroatoms. The Balaban J connectivity index is 3.11. The van der Waals surface area contributed by atoms with Crippen molar-refractivity contribution in [3.05, 3.63) is 35.9 Å². The van der Waals surface area contributed by atoms with Crippen LogP contribution in [0.1, 0.15) is 5.56 Å². The van der Waals surface area contributed by atoms with E-state index in [0.717, 1.165) is 0 Å². The van der Waals surface area contributed by atoms with Crippen LogP contribution in [-0.2, 0) is 13.9 Å². The zero-order valence-corrected chi connectivity index (χ0v) is 7.82. The fourth-order valence-corrected chi connectivity index (χ4v) is 1.12. The maximum Gasteiger partial charge on any atom is 0.161 e. The molecule has 0 aliphatic carbocycles. The van der Waals surface area contributed by atoms with E-state index in [1.165, 1.54) is 0 Å². The first-order chi connectivity index (χ1) is 5.73. The van der Waals surface area contributed by atoms with Crippen LogP contribution in [0.15, 0.2) is 30.3 Å². The Hall–Kier alpha value is -0.960. The van der Waals surface area contributed by atoms with Crippen LogP contribution in [0.25, 0.3) is 0 Å². The van der Waals surface area contributed by atoms with Crippen LogP contribution in [0.5, 0.6) is 0 Å². The van der Waals surface area contributed by atoms with Gasteiger partial charge in [-0.2, -0.15) is 0 Å². The van der Waals surface area contributed by atoms with Crippen LogP contribution in [0.3, 0.4) is 0 Å². The van der Waals surface area contributed by atoms with Crippen molar-refractivity contribution in [3.8, 4) is 0 Å². The van der Waals surface area contributed by atoms with Gasteiger partial charge in [-0.25, -0.2) is 0 Å². The molecule has 0 heterocycles. The maximum atomic E-state index is 10.6. The molecule has 0 aromatic heterocycles. The monoisotopic (exact) mass is 226 g/mol. The van der Waals surface area contributed by atoms with Crippen LogP contribution in [0, 0.1) is 0 Å². The van der Waals surface area contributed by atoms with Gasteiger partial charge in [0, 0.05) is 0 Å². The van der Waals surface area contributed by atoms with Crippen LogP contribution < -0.4 is 0 Å². The topological polar surface area (TPSA) is 34.1 Å². The molecule has 0 N–H and O–H groups in total. The number of hydrogen-bond acceptors (Lipinski definition) is 2. The highest BCUT2D eigenvalue weighted by Crippen LogP contribution is 2.25. The molecule has 0 atom stereocenters. The van der Waals surface area contributed by atoms with Crippen molar-refractivity contribution in [1.82, 2.24) is 0 Å². The number of carbonyl (C=O) groups is 2. The summed E-state index contributed by atoms with van der Waals surface area (Å²) in [5.74, 6) is 0. The molecular formula is C9H7BrO2. The SMILES string of the molecule is O=CC(Br)(C=O)c1ccccc1. The van der Waals surface area contributed by atoms with E-state index in [1.807, 2.05) is 6.07 Å². The molecule has 0 aliphatic rings. The van der Waals surface area contributed by atoms with Crippen molar-refractivity contribution in [3.63, 3.8) is 0 Å². The first-order valence-corrected chi connectivity index (χ1v) is 4.19. The Morgan fingerprint density at radius 1 is 1.08 bits per heavy atom. The van der Waals surface area contributed by atoms with Crippen molar-refractivity contribution < 1.29 is 9.59 Å². The van der Waals surface area contributed by atoms with Crippen LogP contribution in [0.4, 0.5) is 0 Å². The van der Waals surface area contributed by atoms with Crippen molar-refractivity contribution in [1.29, 1.82) is 0 Å². The number of halogens is 1. The lowest BCUT2D eigenvalue weighted by Crippen LogP contribution is -2.21. The highest BCUT2D eigenvalue weighted by molar-refractivity contribution is 9.10. The molecule has 1 aromatic carbocycles. The summed E-state index contributed by atoms with van der Waals surface area (Å²) in [7, 11) is 0. The molecule has 0 radical (unpaired) electrons. The molecule has 0 amide bonds. The van der Waals surface area contributed by atoms with Gasteiger partial charge in [-0.3, -0.25) is 0 Å². The minimum absolute atomic E-state index is 0.579. The Labute approximate surface area is 78.7 Å². The lowest BCUT2D eigenvalue weighted by atomic mass is 10.0. The third-order valence-electron chi connectivity index (χ3n) is 1.56. The molecule has 0 saturated heterocycles. The minimum Gasteiger partial charge on any atom is -0.301 e. The van der Waals surface area contributed by atoms with E-state index in [4.69, 9.17) is 0 Å². The van der Waals surface area contributed by atoms with E-state index in [-0.39, 0.29) is 0 Å². The van der Waals surface area contributed by atoms with Gasteiger partial charge in [-0.1, -0.05) is 46.3 Å². The number of aldehydes is 2. The summed E-state index contributed by atoms with van der Waals surface area (Å²) in [5, 5.41) is 0. The van der Waals surface area contributed by atoms with E-state index in [1.54, 1.807) is 24.3 Å². The second-order valence-electron chi connectivity index (χ2n) is 2.37. The third kappa shape index (κ3) is 1.61. The molecule has 0 spiro atoms. The fraction of sp³-hybridized carbons (Fsp3) is 0.111. The number of rotatable bonds is 3. The molecule has 0 saturated carbocycles. The van der Waals surface area contributed by atoms with Gasteiger partial charge in [0.15, 0.2) is 4.32 Å². The lowest BCUT2D eigenvalue weighted by Gasteiger charge is -2.12. The van der Waals surface area contributed by atoms with Gasteiger partial charge in [-0.05, 0) is 5.56 Å². The highest BCUT2D eigenvalue weighted by Gasteiger charge is 2.27. The first-order valence-electron chi connectivity index (χ1n) is 3.40. The van der Waals surface area contributed by atoms with Gasteiger partial charge >= 0.3 is 0 Å². The largest absolute Gasteiger partial charge is 0.301 e. The Morgan fingerprint density at radius 3 is 2.00 bits per heavy atom. The van der Waals surface area contributed by atoms with E-state index >= 15 is 0 Å². The zero-order chi connectivity index (χ0) is 9.03. The summed E-state index contributed by atoms with van der Waals surface area (Å²) >= 11 is 3.06. The molecular weight excluding hydrogens is 220 g/mol. The summed E-state index contributed by atoms with van der Waals surface area (Å²) in [6, 6.07) is 8.82. The predicted molar refractivity (Wildman–Crippen MR) is 49.2 cm³/mol. The van der Waals surface area contributed by atoms with Crippen LogP contribution in [-0.4, -0.2) is 12.6 Å². The second kappa shape index (κ2) is 3.63. The summed E-state index contributed by atoms with van der Waals surface area (Å²) in [6.07, 6.45) is 1.16. The summed E-state index contributed by atoms with van der Waals surface area (Å²) in [5.41, 5.74) is 0.648. The van der Waals surface area contributed by atoms with Gasteiger partial charge in [-0.15, -0.1) is 0 Å². The lowest BCUT2D eigenvalue weighted by molar-refractivity contribution is -0.117. The smallest absolute Gasteiger partial charge is 0.161 e. The first kappa shape index (κ1) is 9.13. The average molecular weight is 227 g/mol. The molecule has 1 aromatic rings. The molecule has 2 nitrogen and oxygen atoms in total. The maximum absolute atomic E-state index is 10.6. The molecule has 0 unspecified atom stereocenters. The predicted octanol–water partition coefficient (Wildman–Crippen LogP) is 1.67. The average Bonchev–Trinajstić information content (AvgIpc) is 2.18. The van der Waals surface area contributed by atoms with E-state index in [0.29, 0.717) is 18.1 Å². The van der Waals surface area contributed by atoms with Crippen molar-refractivity contribution in [2.24, 2.45) is 0 Å². The van der Waals surface area contributed by atoms with Gasteiger partial charge in [0.05, 0.1) is 0 Å². The number of benzene rings is 1. The Bertz CT molecular complexity index is 274. The molecule has 0 bridgehead atoms.